The molecule has 0 spiro atoms. The van der Waals surface area contributed by atoms with Crippen LogP contribution in [0.4, 0.5) is 5.69 Å². The van der Waals surface area contributed by atoms with E-state index >= 15 is 0 Å². The first-order valence-electron chi connectivity index (χ1n) is 12.0. The molecule has 0 fully saturated rings. The number of thioether (sulfide) groups is 1. The Morgan fingerprint density at radius 1 is 1.00 bits per heavy atom. The van der Waals surface area contributed by atoms with Crippen LogP contribution in [-0.4, -0.2) is 38.8 Å². The molecule has 0 saturated carbocycles. The van der Waals surface area contributed by atoms with Gasteiger partial charge in [0.1, 0.15) is 18.1 Å². The maximum Gasteiger partial charge on any atom is 0.338 e. The van der Waals surface area contributed by atoms with Crippen LogP contribution >= 0.6 is 11.8 Å². The molecule has 3 aromatic carbocycles. The fourth-order valence-electron chi connectivity index (χ4n) is 4.66. The number of allylic oxidation sites excluding steroid dienone is 1. The SMILES string of the molecule is COCOc1ccc(-c2ccc3c(c2COC(=O)c2ccc(SC)cc2)C(C)=CC(C)(C)N3)c(OC)c1. The Kier molecular flexibility index (Phi) is 8.15. The van der Waals surface area contributed by atoms with E-state index in [4.69, 9.17) is 18.9 Å². The van der Waals surface area contributed by atoms with Gasteiger partial charge in [0, 0.05) is 40.4 Å². The Hall–Kier alpha value is -3.42. The summed E-state index contributed by atoms with van der Waals surface area (Å²) in [4.78, 5) is 14.1. The molecular weight excluding hydrogens is 486 g/mol. The molecule has 0 unspecified atom stereocenters. The maximum absolute atomic E-state index is 13.0. The first-order valence-corrected chi connectivity index (χ1v) is 13.2. The van der Waals surface area contributed by atoms with Crippen molar-refractivity contribution in [3.05, 3.63) is 77.4 Å². The Bertz CT molecular complexity index is 1310. The van der Waals surface area contributed by atoms with Gasteiger partial charge in [-0.15, -0.1) is 11.8 Å². The number of ether oxygens (including phenoxy) is 4. The zero-order chi connectivity index (χ0) is 26.6. The van der Waals surface area contributed by atoms with Crippen molar-refractivity contribution in [2.45, 2.75) is 37.8 Å². The second-order valence-electron chi connectivity index (χ2n) is 9.41. The van der Waals surface area contributed by atoms with E-state index in [0.29, 0.717) is 17.1 Å². The van der Waals surface area contributed by atoms with Gasteiger partial charge in [-0.25, -0.2) is 4.79 Å². The summed E-state index contributed by atoms with van der Waals surface area (Å²) in [6.07, 6.45) is 4.20. The predicted molar refractivity (Wildman–Crippen MR) is 150 cm³/mol. The van der Waals surface area contributed by atoms with E-state index < -0.39 is 0 Å². The van der Waals surface area contributed by atoms with Crippen molar-refractivity contribution < 1.29 is 23.7 Å². The van der Waals surface area contributed by atoms with E-state index in [-0.39, 0.29) is 24.9 Å². The summed E-state index contributed by atoms with van der Waals surface area (Å²) in [5.74, 6) is 0.929. The van der Waals surface area contributed by atoms with Gasteiger partial charge in [0.15, 0.2) is 6.79 Å². The number of methoxy groups -OCH3 is 2. The number of rotatable bonds is 9. The first kappa shape index (κ1) is 26.6. The molecule has 0 aromatic heterocycles. The number of fused-ring (bicyclic) bond motifs is 1. The number of carbonyl (C=O) groups excluding carboxylic acids is 1. The van der Waals surface area contributed by atoms with Gasteiger partial charge in [0.2, 0.25) is 0 Å². The number of anilines is 1. The number of carbonyl (C=O) groups is 1. The molecule has 1 N–H and O–H groups in total. The summed E-state index contributed by atoms with van der Waals surface area (Å²) in [6, 6.07) is 17.2. The molecule has 37 heavy (non-hydrogen) atoms. The highest BCUT2D eigenvalue weighted by Crippen LogP contribution is 2.43. The highest BCUT2D eigenvalue weighted by Gasteiger charge is 2.27. The summed E-state index contributed by atoms with van der Waals surface area (Å²) < 4.78 is 22.2. The number of benzene rings is 3. The van der Waals surface area contributed by atoms with Gasteiger partial charge < -0.3 is 24.3 Å². The molecule has 1 aliphatic heterocycles. The monoisotopic (exact) mass is 519 g/mol. The third-order valence-electron chi connectivity index (χ3n) is 6.22. The van der Waals surface area contributed by atoms with Crippen LogP contribution in [0.25, 0.3) is 16.7 Å². The Morgan fingerprint density at radius 2 is 1.73 bits per heavy atom. The fraction of sp³-hybridized carbons (Fsp3) is 0.300. The second kappa shape index (κ2) is 11.3. The normalized spacial score (nSPS) is 13.7. The maximum atomic E-state index is 13.0. The highest BCUT2D eigenvalue weighted by atomic mass is 32.2. The van der Waals surface area contributed by atoms with E-state index in [0.717, 1.165) is 38.4 Å². The predicted octanol–water partition coefficient (Wildman–Crippen LogP) is 7.03. The molecule has 0 aliphatic carbocycles. The van der Waals surface area contributed by atoms with Crippen molar-refractivity contribution in [1.29, 1.82) is 0 Å². The van der Waals surface area contributed by atoms with Gasteiger partial charge in [-0.3, -0.25) is 0 Å². The van der Waals surface area contributed by atoms with Crippen LogP contribution in [0.5, 0.6) is 11.5 Å². The van der Waals surface area contributed by atoms with Crippen molar-refractivity contribution in [1.82, 2.24) is 0 Å². The van der Waals surface area contributed by atoms with Gasteiger partial charge in [-0.2, -0.15) is 0 Å². The lowest BCUT2D eigenvalue weighted by molar-refractivity contribution is 0.0473. The quantitative estimate of drug-likeness (QED) is 0.185. The molecule has 194 valence electrons. The molecule has 1 aliphatic rings. The van der Waals surface area contributed by atoms with E-state index in [9.17, 15) is 4.79 Å². The van der Waals surface area contributed by atoms with Crippen LogP contribution in [0.1, 0.15) is 42.3 Å². The first-order chi connectivity index (χ1) is 17.8. The van der Waals surface area contributed by atoms with Crippen LogP contribution in [0.15, 0.2) is 65.6 Å². The lowest BCUT2D eigenvalue weighted by Gasteiger charge is -2.33. The number of hydrogen-bond acceptors (Lipinski definition) is 7. The summed E-state index contributed by atoms with van der Waals surface area (Å²) in [6.45, 7) is 6.61. The van der Waals surface area contributed by atoms with E-state index in [1.54, 1.807) is 38.1 Å². The van der Waals surface area contributed by atoms with E-state index in [1.165, 1.54) is 0 Å². The van der Waals surface area contributed by atoms with Crippen LogP contribution in [0.2, 0.25) is 0 Å². The minimum absolute atomic E-state index is 0.111. The van der Waals surface area contributed by atoms with E-state index in [1.807, 2.05) is 42.7 Å². The molecule has 0 saturated heterocycles. The minimum atomic E-state index is -0.364. The Labute approximate surface area is 223 Å². The standard InChI is InChI=1S/C30H33NO5S/c1-19-16-30(2,3)31-26-14-13-23(24-12-9-21(36-18-33-4)15-27(24)34-5)25(28(19)26)17-35-29(32)20-7-10-22(37-6)11-8-20/h7-16,31H,17-18H2,1-6H3. The topological polar surface area (TPSA) is 66.0 Å². The second-order valence-corrected chi connectivity index (χ2v) is 10.3. The molecule has 7 heteroatoms. The number of nitrogens with one attached hydrogen (secondary N) is 1. The minimum Gasteiger partial charge on any atom is -0.496 e. The lowest BCUT2D eigenvalue weighted by Crippen LogP contribution is -2.32. The fourth-order valence-corrected chi connectivity index (χ4v) is 5.07. The molecule has 4 rings (SSSR count). The van der Waals surface area contributed by atoms with Crippen LogP contribution < -0.4 is 14.8 Å². The lowest BCUT2D eigenvalue weighted by atomic mass is 9.85. The van der Waals surface area contributed by atoms with Crippen LogP contribution in [0.3, 0.4) is 0 Å². The number of esters is 1. The van der Waals surface area contributed by atoms with Crippen LogP contribution in [0, 0.1) is 0 Å². The van der Waals surface area contributed by atoms with Crippen molar-refractivity contribution in [2.75, 3.05) is 32.6 Å². The summed E-state index contributed by atoms with van der Waals surface area (Å²) in [5.41, 5.74) is 6.20. The molecular formula is C30H33NO5S. The van der Waals surface area contributed by atoms with Crippen molar-refractivity contribution >= 4 is 29.0 Å². The van der Waals surface area contributed by atoms with Crippen molar-refractivity contribution in [3.63, 3.8) is 0 Å². The number of hydrogen-bond donors (Lipinski definition) is 1. The zero-order valence-corrected chi connectivity index (χ0v) is 23.0. The van der Waals surface area contributed by atoms with E-state index in [2.05, 4.69) is 38.2 Å². The smallest absolute Gasteiger partial charge is 0.338 e. The van der Waals surface area contributed by atoms with Gasteiger partial charge in [0.25, 0.3) is 0 Å². The molecule has 0 bridgehead atoms. The average molecular weight is 520 g/mol. The van der Waals surface area contributed by atoms with Crippen LogP contribution in [-0.2, 0) is 16.1 Å². The summed E-state index contributed by atoms with van der Waals surface area (Å²) in [7, 11) is 3.21. The third-order valence-corrected chi connectivity index (χ3v) is 6.96. The van der Waals surface area contributed by atoms with Gasteiger partial charge in [-0.1, -0.05) is 12.1 Å². The molecule has 6 nitrogen and oxygen atoms in total. The zero-order valence-electron chi connectivity index (χ0n) is 22.1. The van der Waals surface area contributed by atoms with Gasteiger partial charge in [-0.05, 0) is 80.6 Å². The molecule has 0 atom stereocenters. The van der Waals surface area contributed by atoms with Crippen molar-refractivity contribution in [3.8, 4) is 22.6 Å². The summed E-state index contributed by atoms with van der Waals surface area (Å²) in [5, 5.41) is 3.59. The van der Waals surface area contributed by atoms with Gasteiger partial charge in [0.05, 0.1) is 18.2 Å². The molecule has 0 amide bonds. The molecule has 0 radical (unpaired) electrons. The largest absolute Gasteiger partial charge is 0.496 e. The van der Waals surface area contributed by atoms with Crippen molar-refractivity contribution in [2.24, 2.45) is 0 Å². The Balaban J connectivity index is 1.76. The summed E-state index contributed by atoms with van der Waals surface area (Å²) >= 11 is 1.63. The molecule has 1 heterocycles. The molecule has 3 aromatic rings. The highest BCUT2D eigenvalue weighted by molar-refractivity contribution is 7.98. The van der Waals surface area contributed by atoms with Gasteiger partial charge >= 0.3 is 5.97 Å². The Morgan fingerprint density at radius 3 is 2.41 bits per heavy atom. The average Bonchev–Trinajstić information content (AvgIpc) is 2.89. The third kappa shape index (κ3) is 5.95.